The maximum Gasteiger partial charge on any atom is 0.249 e. The van der Waals surface area contributed by atoms with Gasteiger partial charge in [0.1, 0.15) is 11.6 Å². The molecule has 20 heavy (non-hydrogen) atoms. The fourth-order valence-electron chi connectivity index (χ4n) is 2.12. The monoisotopic (exact) mass is 306 g/mol. The molecule has 0 spiro atoms. The van der Waals surface area contributed by atoms with Crippen molar-refractivity contribution in [2.75, 3.05) is 33.3 Å². The Morgan fingerprint density at radius 1 is 1.40 bits per heavy atom. The topological polar surface area (TPSA) is 58.6 Å². The largest absolute Gasteiger partial charge is 0.374 e. The van der Waals surface area contributed by atoms with Crippen molar-refractivity contribution in [3.8, 4) is 0 Å². The number of benzene rings is 1. The van der Waals surface area contributed by atoms with Crippen LogP contribution in [-0.4, -0.2) is 52.1 Å². The Labute approximate surface area is 116 Å². The Bertz CT molecular complexity index is 558. The highest BCUT2D eigenvalue weighted by Crippen LogP contribution is 2.24. The van der Waals surface area contributed by atoms with E-state index in [1.165, 1.54) is 0 Å². The highest BCUT2D eigenvalue weighted by atomic mass is 32.2. The number of nitrogens with one attached hydrogen (secondary N) is 1. The Kier molecular flexibility index (Phi) is 4.69. The molecule has 1 unspecified atom stereocenters. The SMILES string of the molecule is CNCC1CN(S(=O)(=O)c2c(F)cccc2F)CCO1. The summed E-state index contributed by atoms with van der Waals surface area (Å²) in [6, 6.07) is 3.00. The normalized spacial score (nSPS) is 21.1. The summed E-state index contributed by atoms with van der Waals surface area (Å²) in [4.78, 5) is -0.898. The van der Waals surface area contributed by atoms with Gasteiger partial charge in [-0.25, -0.2) is 17.2 Å². The molecule has 0 aliphatic carbocycles. The zero-order valence-electron chi connectivity index (χ0n) is 11.0. The Hall–Kier alpha value is -1.09. The molecule has 1 aliphatic rings. The van der Waals surface area contributed by atoms with Gasteiger partial charge in [0.25, 0.3) is 0 Å². The lowest BCUT2D eigenvalue weighted by molar-refractivity contribution is 0.000704. The van der Waals surface area contributed by atoms with E-state index in [2.05, 4.69) is 5.32 Å². The fraction of sp³-hybridized carbons (Fsp3) is 0.500. The van der Waals surface area contributed by atoms with Crippen molar-refractivity contribution in [3.63, 3.8) is 0 Å². The summed E-state index contributed by atoms with van der Waals surface area (Å²) in [7, 11) is -2.48. The number of nitrogens with zero attached hydrogens (tertiary/aromatic N) is 1. The third-order valence-electron chi connectivity index (χ3n) is 3.05. The first-order valence-electron chi connectivity index (χ1n) is 6.17. The lowest BCUT2D eigenvalue weighted by Crippen LogP contribution is -2.48. The lowest BCUT2D eigenvalue weighted by atomic mass is 10.3. The summed E-state index contributed by atoms with van der Waals surface area (Å²) < 4.78 is 58.5. The van der Waals surface area contributed by atoms with Crippen LogP contribution in [0.1, 0.15) is 0 Å². The van der Waals surface area contributed by atoms with Gasteiger partial charge in [0.15, 0.2) is 4.90 Å². The van der Waals surface area contributed by atoms with Gasteiger partial charge in [0.2, 0.25) is 10.0 Å². The van der Waals surface area contributed by atoms with Gasteiger partial charge < -0.3 is 10.1 Å². The number of ether oxygens (including phenoxy) is 1. The first kappa shape index (κ1) is 15.3. The number of morpholine rings is 1. The van der Waals surface area contributed by atoms with Crippen LogP contribution in [0.2, 0.25) is 0 Å². The molecule has 1 aromatic rings. The highest BCUT2D eigenvalue weighted by Gasteiger charge is 2.34. The Morgan fingerprint density at radius 2 is 2.05 bits per heavy atom. The summed E-state index contributed by atoms with van der Waals surface area (Å²) in [6.07, 6.45) is -0.335. The predicted octanol–water partition coefficient (Wildman–Crippen LogP) is 0.574. The van der Waals surface area contributed by atoms with Gasteiger partial charge in [0, 0.05) is 19.6 Å². The molecule has 0 amide bonds. The third kappa shape index (κ3) is 2.98. The molecule has 0 bridgehead atoms. The molecule has 2 rings (SSSR count). The Morgan fingerprint density at radius 3 is 2.65 bits per heavy atom. The van der Waals surface area contributed by atoms with Crippen LogP contribution >= 0.6 is 0 Å². The molecule has 8 heteroatoms. The molecule has 1 fully saturated rings. The zero-order valence-corrected chi connectivity index (χ0v) is 11.8. The van der Waals surface area contributed by atoms with Gasteiger partial charge >= 0.3 is 0 Å². The molecule has 0 aromatic heterocycles. The van der Waals surface area contributed by atoms with Crippen molar-refractivity contribution in [2.24, 2.45) is 0 Å². The number of likely N-dealkylation sites (N-methyl/N-ethyl adjacent to an activating group) is 1. The number of rotatable bonds is 4. The third-order valence-corrected chi connectivity index (χ3v) is 4.97. The van der Waals surface area contributed by atoms with Gasteiger partial charge in [-0.05, 0) is 19.2 Å². The summed E-state index contributed by atoms with van der Waals surface area (Å²) in [5, 5.41) is 2.88. The van der Waals surface area contributed by atoms with Gasteiger partial charge in [-0.2, -0.15) is 4.31 Å². The fourth-order valence-corrected chi connectivity index (χ4v) is 3.68. The van der Waals surface area contributed by atoms with Crippen molar-refractivity contribution in [1.82, 2.24) is 9.62 Å². The summed E-state index contributed by atoms with van der Waals surface area (Å²) in [5.41, 5.74) is 0. The number of hydrogen-bond acceptors (Lipinski definition) is 4. The first-order valence-corrected chi connectivity index (χ1v) is 7.61. The van der Waals surface area contributed by atoms with Crippen molar-refractivity contribution in [3.05, 3.63) is 29.8 Å². The molecule has 0 saturated carbocycles. The van der Waals surface area contributed by atoms with Crippen LogP contribution in [0.15, 0.2) is 23.1 Å². The lowest BCUT2D eigenvalue weighted by Gasteiger charge is -2.32. The van der Waals surface area contributed by atoms with Crippen LogP contribution in [0, 0.1) is 11.6 Å². The van der Waals surface area contributed by atoms with Gasteiger partial charge in [-0.15, -0.1) is 0 Å². The molecular weight excluding hydrogens is 290 g/mol. The average Bonchev–Trinajstić information content (AvgIpc) is 2.39. The van der Waals surface area contributed by atoms with E-state index in [1.807, 2.05) is 0 Å². The minimum Gasteiger partial charge on any atom is -0.374 e. The van der Waals surface area contributed by atoms with Crippen LogP contribution in [0.3, 0.4) is 0 Å². The minimum absolute atomic E-state index is 0.0664. The number of sulfonamides is 1. The van der Waals surface area contributed by atoms with Crippen LogP contribution in [0.5, 0.6) is 0 Å². The summed E-state index contributed by atoms with van der Waals surface area (Å²) in [6.45, 7) is 0.806. The molecule has 112 valence electrons. The van der Waals surface area contributed by atoms with Crippen molar-refractivity contribution in [1.29, 1.82) is 0 Å². The van der Waals surface area contributed by atoms with Crippen molar-refractivity contribution in [2.45, 2.75) is 11.0 Å². The number of halogens is 2. The number of hydrogen-bond donors (Lipinski definition) is 1. The second kappa shape index (κ2) is 6.13. The second-order valence-electron chi connectivity index (χ2n) is 4.46. The van der Waals surface area contributed by atoms with Crippen molar-refractivity contribution < 1.29 is 21.9 Å². The molecule has 1 aromatic carbocycles. The predicted molar refractivity (Wildman–Crippen MR) is 68.8 cm³/mol. The second-order valence-corrected chi connectivity index (χ2v) is 6.34. The standard InChI is InChI=1S/C12H16F2N2O3S/c1-15-7-9-8-16(5-6-19-9)20(17,18)12-10(13)3-2-4-11(12)14/h2-4,9,15H,5-8H2,1H3. The Balaban J connectivity index is 2.30. The van der Waals surface area contributed by atoms with E-state index in [1.54, 1.807) is 7.05 Å². The molecular formula is C12H16F2N2O3S. The molecule has 5 nitrogen and oxygen atoms in total. The van der Waals surface area contributed by atoms with E-state index in [-0.39, 0.29) is 25.8 Å². The van der Waals surface area contributed by atoms with E-state index in [0.717, 1.165) is 22.5 Å². The molecule has 1 saturated heterocycles. The average molecular weight is 306 g/mol. The van der Waals surface area contributed by atoms with Crippen LogP contribution in [0.4, 0.5) is 8.78 Å². The van der Waals surface area contributed by atoms with Crippen LogP contribution in [0.25, 0.3) is 0 Å². The van der Waals surface area contributed by atoms with E-state index < -0.39 is 26.6 Å². The van der Waals surface area contributed by atoms with Crippen LogP contribution < -0.4 is 5.32 Å². The van der Waals surface area contributed by atoms with E-state index in [0.29, 0.717) is 6.54 Å². The smallest absolute Gasteiger partial charge is 0.249 e. The molecule has 1 aliphatic heterocycles. The van der Waals surface area contributed by atoms with Gasteiger partial charge in [-0.3, -0.25) is 0 Å². The van der Waals surface area contributed by atoms with Gasteiger partial charge in [-0.1, -0.05) is 6.07 Å². The maximum atomic E-state index is 13.7. The van der Waals surface area contributed by atoms with Crippen LogP contribution in [-0.2, 0) is 14.8 Å². The van der Waals surface area contributed by atoms with E-state index in [9.17, 15) is 17.2 Å². The summed E-state index contributed by atoms with van der Waals surface area (Å²) in [5.74, 6) is -2.16. The first-order chi connectivity index (χ1) is 9.46. The van der Waals surface area contributed by atoms with Gasteiger partial charge in [0.05, 0.1) is 12.7 Å². The molecule has 0 radical (unpaired) electrons. The molecule has 1 atom stereocenters. The summed E-state index contributed by atoms with van der Waals surface area (Å²) >= 11 is 0. The highest BCUT2D eigenvalue weighted by molar-refractivity contribution is 7.89. The van der Waals surface area contributed by atoms with Crippen molar-refractivity contribution >= 4 is 10.0 Å². The zero-order chi connectivity index (χ0) is 14.8. The maximum absolute atomic E-state index is 13.7. The molecule has 1 heterocycles. The quantitative estimate of drug-likeness (QED) is 0.884. The van der Waals surface area contributed by atoms with E-state index in [4.69, 9.17) is 4.74 Å². The van der Waals surface area contributed by atoms with E-state index >= 15 is 0 Å². The minimum atomic E-state index is -4.20. The molecule has 1 N–H and O–H groups in total.